The molecule has 4 aromatic rings. The van der Waals surface area contributed by atoms with Gasteiger partial charge in [0.1, 0.15) is 18.3 Å². The second-order valence-electron chi connectivity index (χ2n) is 13.2. The Balaban J connectivity index is 1.88. The number of amides is 2. The number of aryl methyl sites for hydroxylation is 2. The van der Waals surface area contributed by atoms with Crippen LogP contribution in [0.15, 0.2) is 95.9 Å². The molecule has 2 amide bonds. The zero-order valence-corrected chi connectivity index (χ0v) is 30.8. The lowest BCUT2D eigenvalue weighted by atomic mass is 10.0. The van der Waals surface area contributed by atoms with Crippen LogP contribution in [0.1, 0.15) is 43.0 Å². The largest absolute Gasteiger partial charge is 0.497 e. The summed E-state index contributed by atoms with van der Waals surface area (Å²) in [7, 11) is 0.0775. The average molecular weight is 702 g/mol. The van der Waals surface area contributed by atoms with Crippen molar-refractivity contribution < 1.29 is 32.2 Å². The van der Waals surface area contributed by atoms with Crippen molar-refractivity contribution in [1.29, 1.82) is 0 Å². The second kappa shape index (κ2) is 16.1. The Morgan fingerprint density at radius 3 is 2.00 bits per heavy atom. The van der Waals surface area contributed by atoms with E-state index in [0.29, 0.717) is 22.7 Å². The van der Waals surface area contributed by atoms with E-state index in [2.05, 4.69) is 5.32 Å². The molecule has 266 valence electrons. The Hall–Kier alpha value is -5.03. The maximum absolute atomic E-state index is 14.8. The highest BCUT2D eigenvalue weighted by atomic mass is 32.2. The van der Waals surface area contributed by atoms with E-state index in [0.717, 1.165) is 21.0 Å². The van der Waals surface area contributed by atoms with Crippen molar-refractivity contribution in [1.82, 2.24) is 10.2 Å². The van der Waals surface area contributed by atoms with Crippen molar-refractivity contribution in [2.24, 2.45) is 0 Å². The lowest BCUT2D eigenvalue weighted by molar-refractivity contribution is -0.140. The van der Waals surface area contributed by atoms with Crippen LogP contribution in [-0.2, 0) is 32.6 Å². The number of sulfonamides is 1. The van der Waals surface area contributed by atoms with Gasteiger partial charge in [-0.05, 0) is 93.3 Å². The first-order valence-electron chi connectivity index (χ1n) is 16.3. The number of anilines is 1. The van der Waals surface area contributed by atoms with Gasteiger partial charge in [-0.15, -0.1) is 0 Å². The standard InChI is InChI=1S/C39H47N3O7S/c1-27-19-28(2)21-31(20-27)42(50(45,46)33-17-18-35(48-7)36(24-33)49-8)26-37(43)41(25-30-15-12-16-32(22-30)47-6)34(38(44)40-39(3,4)5)23-29-13-10-9-11-14-29/h9-22,24,34H,23,25-26H2,1-8H3,(H,40,44)/t34-/m1/s1. The number of hydrogen-bond donors (Lipinski definition) is 1. The molecule has 10 nitrogen and oxygen atoms in total. The molecule has 0 spiro atoms. The predicted octanol–water partition coefficient (Wildman–Crippen LogP) is 6.08. The molecule has 4 aromatic carbocycles. The van der Waals surface area contributed by atoms with Gasteiger partial charge in [0, 0.05) is 24.6 Å². The molecule has 11 heteroatoms. The zero-order chi connectivity index (χ0) is 36.6. The molecule has 1 N–H and O–H groups in total. The van der Waals surface area contributed by atoms with Crippen LogP contribution in [0.25, 0.3) is 0 Å². The van der Waals surface area contributed by atoms with E-state index in [1.807, 2.05) is 83.1 Å². The highest BCUT2D eigenvalue weighted by Crippen LogP contribution is 2.33. The number of nitrogens with zero attached hydrogens (tertiary/aromatic N) is 2. The number of carbonyl (C=O) groups excluding carboxylic acids is 2. The van der Waals surface area contributed by atoms with Gasteiger partial charge in [-0.25, -0.2) is 8.42 Å². The Kier molecular flexibility index (Phi) is 12.2. The summed E-state index contributed by atoms with van der Waals surface area (Å²) in [6.45, 7) is 8.77. The summed E-state index contributed by atoms with van der Waals surface area (Å²) < 4.78 is 46.4. The minimum absolute atomic E-state index is 0.0161. The van der Waals surface area contributed by atoms with Gasteiger partial charge in [0.15, 0.2) is 11.5 Å². The van der Waals surface area contributed by atoms with E-state index in [1.165, 1.54) is 37.3 Å². The first-order chi connectivity index (χ1) is 23.6. The minimum atomic E-state index is -4.36. The third-order valence-corrected chi connectivity index (χ3v) is 9.74. The molecule has 0 unspecified atom stereocenters. The minimum Gasteiger partial charge on any atom is -0.497 e. The van der Waals surface area contributed by atoms with Crippen molar-refractivity contribution in [2.75, 3.05) is 32.2 Å². The first kappa shape index (κ1) is 37.8. The molecule has 0 radical (unpaired) electrons. The number of hydrogen-bond acceptors (Lipinski definition) is 7. The third-order valence-electron chi connectivity index (χ3n) is 7.97. The molecule has 0 aliphatic carbocycles. The topological polar surface area (TPSA) is 114 Å². The van der Waals surface area contributed by atoms with Crippen molar-refractivity contribution in [3.05, 3.63) is 113 Å². The summed E-state index contributed by atoms with van der Waals surface area (Å²) in [5.41, 5.74) is 2.90. The molecule has 50 heavy (non-hydrogen) atoms. The summed E-state index contributed by atoms with van der Waals surface area (Å²) in [5.74, 6) is 0.237. The second-order valence-corrected chi connectivity index (χ2v) is 15.1. The van der Waals surface area contributed by atoms with Gasteiger partial charge in [-0.2, -0.15) is 0 Å². The van der Waals surface area contributed by atoms with E-state index in [4.69, 9.17) is 14.2 Å². The zero-order valence-electron chi connectivity index (χ0n) is 30.0. The quantitative estimate of drug-likeness (QED) is 0.170. The van der Waals surface area contributed by atoms with Crippen LogP contribution < -0.4 is 23.8 Å². The van der Waals surface area contributed by atoms with Crippen LogP contribution in [0.4, 0.5) is 5.69 Å². The Bertz CT molecular complexity index is 1890. The molecule has 0 saturated heterocycles. The summed E-state index contributed by atoms with van der Waals surface area (Å²) >= 11 is 0. The Labute approximate surface area is 296 Å². The fraction of sp³-hybridized carbons (Fsp3) is 0.333. The van der Waals surface area contributed by atoms with Crippen molar-refractivity contribution in [3.8, 4) is 17.2 Å². The molecular formula is C39H47N3O7S. The van der Waals surface area contributed by atoms with Gasteiger partial charge in [-0.1, -0.05) is 48.5 Å². The third kappa shape index (κ3) is 9.56. The SMILES string of the molecule is COc1cccc(CN(C(=O)CN(c2cc(C)cc(C)c2)S(=O)(=O)c2ccc(OC)c(OC)c2)[C@H](Cc2ccccc2)C(=O)NC(C)(C)C)c1. The molecule has 0 heterocycles. The number of benzene rings is 4. The van der Waals surface area contributed by atoms with Gasteiger partial charge in [0.05, 0.1) is 31.9 Å². The number of rotatable bonds is 14. The lowest BCUT2D eigenvalue weighted by Gasteiger charge is -2.35. The average Bonchev–Trinajstić information content (AvgIpc) is 3.07. The fourth-order valence-corrected chi connectivity index (χ4v) is 7.12. The summed E-state index contributed by atoms with van der Waals surface area (Å²) in [5, 5.41) is 3.05. The predicted molar refractivity (Wildman–Crippen MR) is 195 cm³/mol. The maximum atomic E-state index is 14.8. The van der Waals surface area contributed by atoms with Gasteiger partial charge < -0.3 is 24.4 Å². The highest BCUT2D eigenvalue weighted by Gasteiger charge is 2.36. The molecule has 4 rings (SSSR count). The Morgan fingerprint density at radius 2 is 1.40 bits per heavy atom. The smallest absolute Gasteiger partial charge is 0.264 e. The van der Waals surface area contributed by atoms with E-state index in [9.17, 15) is 18.0 Å². The normalized spacial score (nSPS) is 12.1. The molecule has 0 bridgehead atoms. The van der Waals surface area contributed by atoms with Crippen LogP contribution in [0.5, 0.6) is 17.2 Å². The van der Waals surface area contributed by atoms with E-state index < -0.39 is 34.1 Å². The van der Waals surface area contributed by atoms with Crippen molar-refractivity contribution >= 4 is 27.5 Å². The first-order valence-corrected chi connectivity index (χ1v) is 17.7. The Morgan fingerprint density at radius 1 is 0.760 bits per heavy atom. The highest BCUT2D eigenvalue weighted by molar-refractivity contribution is 7.92. The molecule has 0 aliphatic rings. The van der Waals surface area contributed by atoms with E-state index in [-0.39, 0.29) is 29.5 Å². The van der Waals surface area contributed by atoms with Crippen molar-refractivity contribution in [2.45, 2.75) is 64.1 Å². The maximum Gasteiger partial charge on any atom is 0.264 e. The monoisotopic (exact) mass is 701 g/mol. The lowest BCUT2D eigenvalue weighted by Crippen LogP contribution is -2.56. The molecule has 0 fully saturated rings. The number of ether oxygens (including phenoxy) is 3. The van der Waals surface area contributed by atoms with Gasteiger partial charge in [0.2, 0.25) is 11.8 Å². The fourth-order valence-electron chi connectivity index (χ4n) is 5.70. The molecule has 0 saturated carbocycles. The molecule has 0 aliphatic heterocycles. The molecular weight excluding hydrogens is 655 g/mol. The van der Waals surface area contributed by atoms with Crippen LogP contribution in [0, 0.1) is 13.8 Å². The summed E-state index contributed by atoms with van der Waals surface area (Å²) in [6, 6.07) is 25.3. The van der Waals surface area contributed by atoms with Crippen molar-refractivity contribution in [3.63, 3.8) is 0 Å². The van der Waals surface area contributed by atoms with Gasteiger partial charge in [0.25, 0.3) is 10.0 Å². The van der Waals surface area contributed by atoms with Crippen LogP contribution in [0.2, 0.25) is 0 Å². The number of carbonyl (C=O) groups is 2. The van der Waals surface area contributed by atoms with Crippen LogP contribution in [-0.4, -0.2) is 64.6 Å². The van der Waals surface area contributed by atoms with E-state index in [1.54, 1.807) is 31.4 Å². The number of nitrogens with one attached hydrogen (secondary N) is 1. The van der Waals surface area contributed by atoms with Gasteiger partial charge in [-0.3, -0.25) is 13.9 Å². The molecule has 0 aromatic heterocycles. The van der Waals surface area contributed by atoms with Crippen LogP contribution in [0.3, 0.4) is 0 Å². The summed E-state index contributed by atoms with van der Waals surface area (Å²) in [6.07, 6.45) is 0.199. The van der Waals surface area contributed by atoms with E-state index >= 15 is 0 Å². The number of methoxy groups -OCH3 is 3. The van der Waals surface area contributed by atoms with Crippen LogP contribution >= 0.6 is 0 Å². The summed E-state index contributed by atoms with van der Waals surface area (Å²) in [4.78, 5) is 30.3. The molecule has 1 atom stereocenters. The van der Waals surface area contributed by atoms with Gasteiger partial charge >= 0.3 is 0 Å².